The van der Waals surface area contributed by atoms with E-state index in [0.29, 0.717) is 18.3 Å². The number of aromatic nitrogens is 2. The molecule has 4 heteroatoms. The maximum atomic E-state index is 5.45. The average molecular weight is 201 g/mol. The predicted octanol–water partition coefficient (Wildman–Crippen LogP) is 1.22. The van der Waals surface area contributed by atoms with Gasteiger partial charge in [0, 0.05) is 0 Å². The van der Waals surface area contributed by atoms with E-state index in [1.807, 2.05) is 12.1 Å². The number of benzene rings is 1. The molecular formula is C11H11N3O. The molecule has 2 aromatic rings. The van der Waals surface area contributed by atoms with Gasteiger partial charge in [0.25, 0.3) is 0 Å². The van der Waals surface area contributed by atoms with Crippen LogP contribution in [0.3, 0.4) is 0 Å². The molecule has 0 fully saturated rings. The molecule has 1 aliphatic carbocycles. The van der Waals surface area contributed by atoms with E-state index >= 15 is 0 Å². The van der Waals surface area contributed by atoms with Gasteiger partial charge in [0.15, 0.2) is 0 Å². The summed E-state index contributed by atoms with van der Waals surface area (Å²) < 4.78 is 5.45. The number of fused-ring (bicyclic) bond motifs is 1. The molecule has 1 aromatic carbocycles. The second-order valence-electron chi connectivity index (χ2n) is 3.69. The first-order valence-corrected chi connectivity index (χ1v) is 4.98. The van der Waals surface area contributed by atoms with Crippen molar-refractivity contribution in [1.29, 1.82) is 0 Å². The molecule has 1 atom stereocenters. The molecule has 0 amide bonds. The van der Waals surface area contributed by atoms with Crippen LogP contribution in [0.2, 0.25) is 0 Å². The summed E-state index contributed by atoms with van der Waals surface area (Å²) in [4.78, 5) is 0. The summed E-state index contributed by atoms with van der Waals surface area (Å²) in [6.07, 6.45) is 0.988. The summed E-state index contributed by atoms with van der Waals surface area (Å²) in [5.74, 6) is 1.47. The van der Waals surface area contributed by atoms with E-state index in [4.69, 9.17) is 10.2 Å². The topological polar surface area (TPSA) is 64.9 Å². The number of nitrogens with zero attached hydrogens (tertiary/aromatic N) is 2. The molecule has 3 rings (SSSR count). The van der Waals surface area contributed by atoms with Gasteiger partial charge >= 0.3 is 0 Å². The van der Waals surface area contributed by atoms with Crippen LogP contribution in [0.5, 0.6) is 0 Å². The van der Waals surface area contributed by atoms with Crippen molar-refractivity contribution in [3.63, 3.8) is 0 Å². The van der Waals surface area contributed by atoms with E-state index in [9.17, 15) is 0 Å². The number of hydrogen-bond donors (Lipinski definition) is 1. The highest BCUT2D eigenvalue weighted by Gasteiger charge is 2.31. The quantitative estimate of drug-likeness (QED) is 0.793. The first-order chi connectivity index (χ1) is 7.38. The Bertz CT molecular complexity index is 492. The second kappa shape index (κ2) is 3.17. The third-order valence-corrected chi connectivity index (χ3v) is 2.81. The van der Waals surface area contributed by atoms with E-state index in [-0.39, 0.29) is 5.92 Å². The smallest absolute Gasteiger partial charge is 0.230 e. The summed E-state index contributed by atoms with van der Waals surface area (Å²) in [7, 11) is 0. The van der Waals surface area contributed by atoms with Crippen molar-refractivity contribution >= 4 is 0 Å². The van der Waals surface area contributed by atoms with Crippen LogP contribution in [0.4, 0.5) is 0 Å². The van der Waals surface area contributed by atoms with Crippen molar-refractivity contribution in [3.8, 4) is 0 Å². The lowest BCUT2D eigenvalue weighted by molar-refractivity contribution is 0.419. The van der Waals surface area contributed by atoms with Crippen LogP contribution in [-0.2, 0) is 13.0 Å². The second-order valence-corrected chi connectivity index (χ2v) is 3.69. The molecule has 0 saturated heterocycles. The lowest BCUT2D eigenvalue weighted by Gasteiger charge is -2.26. The summed E-state index contributed by atoms with van der Waals surface area (Å²) in [5.41, 5.74) is 8.09. The molecule has 0 saturated carbocycles. The minimum atomic E-state index is 0.272. The van der Waals surface area contributed by atoms with Gasteiger partial charge in [-0.1, -0.05) is 24.3 Å². The van der Waals surface area contributed by atoms with Crippen molar-refractivity contribution < 1.29 is 4.42 Å². The van der Waals surface area contributed by atoms with Crippen LogP contribution < -0.4 is 5.73 Å². The molecule has 4 nitrogen and oxygen atoms in total. The Labute approximate surface area is 87.1 Å². The first kappa shape index (κ1) is 8.61. The Morgan fingerprint density at radius 2 is 2.20 bits per heavy atom. The fourth-order valence-corrected chi connectivity index (χ4v) is 1.97. The van der Waals surface area contributed by atoms with Gasteiger partial charge in [-0.25, -0.2) is 0 Å². The third kappa shape index (κ3) is 1.26. The predicted molar refractivity (Wildman–Crippen MR) is 54.2 cm³/mol. The Morgan fingerprint density at radius 3 is 2.93 bits per heavy atom. The number of hydrogen-bond acceptors (Lipinski definition) is 4. The molecule has 0 bridgehead atoms. The number of nitrogens with two attached hydrogens (primary N) is 1. The Morgan fingerprint density at radius 1 is 1.33 bits per heavy atom. The monoisotopic (exact) mass is 201 g/mol. The molecule has 1 aliphatic rings. The fourth-order valence-electron chi connectivity index (χ4n) is 1.97. The molecule has 15 heavy (non-hydrogen) atoms. The van der Waals surface area contributed by atoms with Crippen molar-refractivity contribution in [1.82, 2.24) is 10.2 Å². The van der Waals surface area contributed by atoms with Crippen molar-refractivity contribution in [2.45, 2.75) is 18.9 Å². The van der Waals surface area contributed by atoms with Crippen molar-refractivity contribution in [2.75, 3.05) is 0 Å². The molecule has 1 unspecified atom stereocenters. The lowest BCUT2D eigenvalue weighted by Crippen LogP contribution is -2.18. The van der Waals surface area contributed by atoms with Crippen molar-refractivity contribution in [3.05, 3.63) is 47.2 Å². The minimum absolute atomic E-state index is 0.272. The fraction of sp³-hybridized carbons (Fsp3) is 0.273. The van der Waals surface area contributed by atoms with E-state index in [0.717, 1.165) is 6.42 Å². The van der Waals surface area contributed by atoms with E-state index in [1.165, 1.54) is 11.1 Å². The maximum absolute atomic E-state index is 5.45. The molecule has 76 valence electrons. The van der Waals surface area contributed by atoms with Crippen LogP contribution in [0.15, 0.2) is 28.7 Å². The summed E-state index contributed by atoms with van der Waals surface area (Å²) >= 11 is 0. The zero-order valence-corrected chi connectivity index (χ0v) is 8.18. The highest BCUT2D eigenvalue weighted by atomic mass is 16.4. The SMILES string of the molecule is NCc1nnc(C2Cc3ccccc32)o1. The number of rotatable bonds is 2. The lowest BCUT2D eigenvalue weighted by atomic mass is 9.77. The Hall–Kier alpha value is -1.68. The third-order valence-electron chi connectivity index (χ3n) is 2.81. The van der Waals surface area contributed by atoms with E-state index in [1.54, 1.807) is 0 Å². The average Bonchev–Trinajstić information content (AvgIpc) is 2.68. The molecule has 1 aromatic heterocycles. The van der Waals surface area contributed by atoms with Gasteiger partial charge in [-0.15, -0.1) is 10.2 Å². The molecule has 0 spiro atoms. The van der Waals surface area contributed by atoms with Gasteiger partial charge < -0.3 is 10.2 Å². The standard InChI is InChI=1S/C11H11N3O/c12-6-10-13-14-11(15-10)9-5-7-3-1-2-4-8(7)9/h1-4,9H,5-6,12H2. The van der Waals surface area contributed by atoms with Gasteiger partial charge in [0.1, 0.15) is 0 Å². The van der Waals surface area contributed by atoms with Crippen molar-refractivity contribution in [2.24, 2.45) is 5.73 Å². The van der Waals surface area contributed by atoms with Crippen LogP contribution in [0, 0.1) is 0 Å². The largest absolute Gasteiger partial charge is 0.423 e. The normalized spacial score (nSPS) is 18.3. The van der Waals surface area contributed by atoms with Gasteiger partial charge in [-0.2, -0.15) is 0 Å². The molecule has 2 N–H and O–H groups in total. The molecule has 1 heterocycles. The molecular weight excluding hydrogens is 190 g/mol. The van der Waals surface area contributed by atoms with E-state index < -0.39 is 0 Å². The summed E-state index contributed by atoms with van der Waals surface area (Å²) in [6, 6.07) is 8.32. The maximum Gasteiger partial charge on any atom is 0.230 e. The zero-order valence-electron chi connectivity index (χ0n) is 8.18. The van der Waals surface area contributed by atoms with Gasteiger partial charge in [-0.3, -0.25) is 0 Å². The van der Waals surface area contributed by atoms with Crippen LogP contribution in [0.25, 0.3) is 0 Å². The minimum Gasteiger partial charge on any atom is -0.423 e. The zero-order chi connectivity index (χ0) is 10.3. The van der Waals surface area contributed by atoms with Gasteiger partial charge in [0.05, 0.1) is 12.5 Å². The molecule has 0 aliphatic heterocycles. The van der Waals surface area contributed by atoms with Crippen LogP contribution >= 0.6 is 0 Å². The highest BCUT2D eigenvalue weighted by molar-refractivity contribution is 5.43. The molecule has 0 radical (unpaired) electrons. The van der Waals surface area contributed by atoms with Crippen LogP contribution in [-0.4, -0.2) is 10.2 Å². The summed E-state index contributed by atoms with van der Waals surface area (Å²) in [5, 5.41) is 7.88. The Balaban J connectivity index is 1.93. The Kier molecular flexibility index (Phi) is 1.82. The van der Waals surface area contributed by atoms with E-state index in [2.05, 4.69) is 22.3 Å². The first-order valence-electron chi connectivity index (χ1n) is 4.98. The van der Waals surface area contributed by atoms with Gasteiger partial charge in [-0.05, 0) is 17.5 Å². The van der Waals surface area contributed by atoms with Gasteiger partial charge in [0.2, 0.25) is 11.8 Å². The summed E-state index contributed by atoms with van der Waals surface area (Å²) in [6.45, 7) is 0.307. The highest BCUT2D eigenvalue weighted by Crippen LogP contribution is 2.38. The van der Waals surface area contributed by atoms with Crippen LogP contribution in [0.1, 0.15) is 28.8 Å².